The molecule has 0 spiro atoms. The first kappa shape index (κ1) is 12.7. The van der Waals surface area contributed by atoms with Crippen molar-refractivity contribution >= 4 is 63.0 Å². The highest BCUT2D eigenvalue weighted by molar-refractivity contribution is 8.86. The molecule has 0 aromatic carbocycles. The first-order valence-electron chi connectivity index (χ1n) is 5.41. The Morgan fingerprint density at radius 2 is 1.62 bits per heavy atom. The van der Waals surface area contributed by atoms with E-state index in [0.717, 1.165) is 23.7 Å². The molecule has 2 fully saturated rings. The van der Waals surface area contributed by atoms with Crippen LogP contribution >= 0.6 is 63.0 Å². The van der Waals surface area contributed by atoms with E-state index in [1.165, 1.54) is 32.9 Å². The molecule has 3 rings (SSSR count). The maximum absolute atomic E-state index is 5.84. The summed E-state index contributed by atoms with van der Waals surface area (Å²) in [5.74, 6) is 3.45. The van der Waals surface area contributed by atoms with E-state index in [9.17, 15) is 0 Å². The maximum Gasteiger partial charge on any atom is 0.0327 e. The van der Waals surface area contributed by atoms with Crippen LogP contribution in [0, 0.1) is 23.7 Å². The second kappa shape index (κ2) is 5.38. The molecule has 90 valence electrons. The Morgan fingerprint density at radius 1 is 0.938 bits per heavy atom. The van der Waals surface area contributed by atoms with Gasteiger partial charge in [-0.2, -0.15) is 0 Å². The van der Waals surface area contributed by atoms with Crippen LogP contribution in [0.4, 0.5) is 0 Å². The summed E-state index contributed by atoms with van der Waals surface area (Å²) in [6.07, 6.45) is 7.52. The van der Waals surface area contributed by atoms with Crippen LogP contribution in [0.25, 0.3) is 0 Å². The van der Waals surface area contributed by atoms with Gasteiger partial charge in [-0.3, -0.25) is 0 Å². The third-order valence-corrected chi connectivity index (χ3v) is 9.44. The van der Waals surface area contributed by atoms with Gasteiger partial charge in [0.05, 0.1) is 0 Å². The molecule has 0 aromatic rings. The van der Waals surface area contributed by atoms with Crippen molar-refractivity contribution in [3.63, 3.8) is 0 Å². The van der Waals surface area contributed by atoms with Gasteiger partial charge in [0.15, 0.2) is 0 Å². The maximum atomic E-state index is 5.84. The van der Waals surface area contributed by atoms with Gasteiger partial charge in [0, 0.05) is 30.5 Å². The second-order valence-corrected chi connectivity index (χ2v) is 10.6. The van der Waals surface area contributed by atoms with Crippen LogP contribution in [-0.2, 0) is 0 Å². The third-order valence-electron chi connectivity index (χ3n) is 4.31. The lowest BCUT2D eigenvalue weighted by molar-refractivity contribution is 0.300. The summed E-state index contributed by atoms with van der Waals surface area (Å²) in [5, 5.41) is 1.39. The minimum Gasteiger partial charge on any atom is -0.0879 e. The number of fused-ring (bicyclic) bond motifs is 5. The molecule has 6 atom stereocenters. The Labute approximate surface area is 121 Å². The molecular weight excluding hydrogens is 319 g/mol. The highest BCUT2D eigenvalue weighted by Gasteiger charge is 2.58. The molecule has 3 aliphatic rings. The van der Waals surface area contributed by atoms with Crippen molar-refractivity contribution in [1.29, 1.82) is 0 Å². The molecule has 6 unspecified atom stereocenters. The number of hydrogen-bond acceptors (Lipinski definition) is 4. The fourth-order valence-corrected chi connectivity index (χ4v) is 9.84. The summed E-state index contributed by atoms with van der Waals surface area (Å²) in [7, 11) is 18.2. The third kappa shape index (κ3) is 1.96. The van der Waals surface area contributed by atoms with E-state index in [1.54, 1.807) is 0 Å². The number of rotatable bonds is 4. The normalized spacial score (nSPS) is 48.9. The van der Waals surface area contributed by atoms with Crippen molar-refractivity contribution in [2.45, 2.75) is 23.3 Å². The summed E-state index contributed by atoms with van der Waals surface area (Å²) < 4.78 is 0. The molecule has 0 nitrogen and oxygen atoms in total. The highest BCUT2D eigenvalue weighted by Crippen LogP contribution is 2.65. The summed E-state index contributed by atoms with van der Waals surface area (Å²) in [6, 6.07) is 0. The average Bonchev–Trinajstić information content (AvgIpc) is 2.90. The van der Waals surface area contributed by atoms with Crippen LogP contribution in [-0.4, -0.2) is 10.5 Å². The van der Waals surface area contributed by atoms with E-state index >= 15 is 0 Å². The van der Waals surface area contributed by atoms with Gasteiger partial charge in [-0.25, -0.2) is 0 Å². The average molecular weight is 331 g/mol. The van der Waals surface area contributed by atoms with E-state index < -0.39 is 0 Å². The lowest BCUT2D eigenvalue weighted by Crippen LogP contribution is -2.35. The first-order valence-corrected chi connectivity index (χ1v) is 11.5. The lowest BCUT2D eigenvalue weighted by atomic mass is 9.81. The summed E-state index contributed by atoms with van der Waals surface area (Å²) in [4.78, 5) is 0. The summed E-state index contributed by atoms with van der Waals surface area (Å²) in [5.41, 5.74) is 0. The molecule has 0 amide bonds. The highest BCUT2D eigenvalue weighted by atomic mass is 35.7. The Bertz CT molecular complexity index is 299. The van der Waals surface area contributed by atoms with Crippen molar-refractivity contribution in [3.8, 4) is 0 Å². The van der Waals surface area contributed by atoms with E-state index in [0.29, 0.717) is 10.5 Å². The van der Waals surface area contributed by atoms with Crippen molar-refractivity contribution in [2.75, 3.05) is 0 Å². The number of halogens is 2. The van der Waals surface area contributed by atoms with Crippen LogP contribution in [0.2, 0.25) is 0 Å². The van der Waals surface area contributed by atoms with Gasteiger partial charge < -0.3 is 0 Å². The van der Waals surface area contributed by atoms with Crippen LogP contribution in [0.3, 0.4) is 0 Å². The molecule has 3 aliphatic carbocycles. The first-order chi connectivity index (χ1) is 7.86. The van der Waals surface area contributed by atoms with Gasteiger partial charge in [0.25, 0.3) is 0 Å². The Kier molecular flexibility index (Phi) is 4.28. The smallest absolute Gasteiger partial charge is 0.0327 e. The monoisotopic (exact) mass is 330 g/mol. The van der Waals surface area contributed by atoms with Gasteiger partial charge >= 0.3 is 0 Å². The second-order valence-electron chi connectivity index (χ2n) is 4.72. The molecule has 0 saturated heterocycles. The topological polar surface area (TPSA) is 0 Å². The van der Waals surface area contributed by atoms with Crippen molar-refractivity contribution in [2.24, 2.45) is 23.7 Å². The summed E-state index contributed by atoms with van der Waals surface area (Å²) in [6.45, 7) is 0. The number of hydrogen-bond donors (Lipinski definition) is 0. The Morgan fingerprint density at radius 3 is 2.31 bits per heavy atom. The number of allylic oxidation sites excluding steroid dienone is 2. The Balaban J connectivity index is 1.80. The molecule has 0 N–H and O–H groups in total. The van der Waals surface area contributed by atoms with Crippen LogP contribution in [0.1, 0.15) is 12.8 Å². The standard InChI is InChI=1S/C10H12Cl2S4/c11-15-13-9-7-4-8(10(9)14-16-12)6-3-1-2-5(6)7/h1-2,5-10H,3-4H2. The predicted octanol–water partition coefficient (Wildman–Crippen LogP) is 5.64. The molecule has 6 heteroatoms. The Hall–Kier alpha value is 1.72. The molecule has 0 aliphatic heterocycles. The predicted molar refractivity (Wildman–Crippen MR) is 82.0 cm³/mol. The van der Waals surface area contributed by atoms with Gasteiger partial charge in [-0.05, 0) is 57.9 Å². The fourth-order valence-electron chi connectivity index (χ4n) is 3.81. The van der Waals surface area contributed by atoms with Gasteiger partial charge in [0.1, 0.15) is 0 Å². The molecule has 16 heavy (non-hydrogen) atoms. The SMILES string of the molecule is ClSSC1C2CC(C3CC=CC32)C1SSCl. The quantitative estimate of drug-likeness (QED) is 0.483. The zero-order chi connectivity index (χ0) is 11.1. The molecule has 0 radical (unpaired) electrons. The van der Waals surface area contributed by atoms with Crippen molar-refractivity contribution < 1.29 is 0 Å². The summed E-state index contributed by atoms with van der Waals surface area (Å²) >= 11 is 0. The molecule has 0 aromatic heterocycles. The van der Waals surface area contributed by atoms with Crippen molar-refractivity contribution in [1.82, 2.24) is 0 Å². The van der Waals surface area contributed by atoms with E-state index in [4.69, 9.17) is 21.4 Å². The molecular formula is C10H12Cl2S4. The fraction of sp³-hybridized carbons (Fsp3) is 0.800. The van der Waals surface area contributed by atoms with Crippen LogP contribution in [0.5, 0.6) is 0 Å². The minimum atomic E-state index is 0.688. The van der Waals surface area contributed by atoms with Crippen LogP contribution < -0.4 is 0 Å². The zero-order valence-electron chi connectivity index (χ0n) is 8.42. The largest absolute Gasteiger partial charge is 0.0879 e. The molecule has 0 heterocycles. The van der Waals surface area contributed by atoms with E-state index in [1.807, 2.05) is 21.6 Å². The van der Waals surface area contributed by atoms with E-state index in [2.05, 4.69) is 12.2 Å². The van der Waals surface area contributed by atoms with Crippen molar-refractivity contribution in [3.05, 3.63) is 12.2 Å². The van der Waals surface area contributed by atoms with Gasteiger partial charge in [0.2, 0.25) is 0 Å². The molecule has 2 saturated carbocycles. The van der Waals surface area contributed by atoms with Crippen LogP contribution in [0.15, 0.2) is 12.2 Å². The van der Waals surface area contributed by atoms with Gasteiger partial charge in [-0.15, -0.1) is 0 Å². The van der Waals surface area contributed by atoms with Gasteiger partial charge in [-0.1, -0.05) is 33.7 Å². The molecule has 2 bridgehead atoms. The zero-order valence-corrected chi connectivity index (χ0v) is 13.2. The van der Waals surface area contributed by atoms with E-state index in [-0.39, 0.29) is 0 Å². The lowest BCUT2D eigenvalue weighted by Gasteiger charge is -2.35. The minimum absolute atomic E-state index is 0.688.